The molecule has 1 aliphatic heterocycles. The number of urea groups is 1. The van der Waals surface area contributed by atoms with Crippen molar-refractivity contribution in [3.63, 3.8) is 0 Å². The van der Waals surface area contributed by atoms with Gasteiger partial charge in [-0.05, 0) is 73.9 Å². The van der Waals surface area contributed by atoms with Crippen molar-refractivity contribution in [2.75, 3.05) is 19.0 Å². The molecular weight excluding hydrogens is 444 g/mol. The fourth-order valence-corrected chi connectivity index (χ4v) is 4.22. The highest BCUT2D eigenvalue weighted by molar-refractivity contribution is 6.16. The largest absolute Gasteiger partial charge is 0.497 e. The zero-order valence-corrected chi connectivity index (χ0v) is 20.2. The molecule has 8 heteroatoms. The summed E-state index contributed by atoms with van der Waals surface area (Å²) in [5.41, 5.74) is 5.42. The number of imide groups is 1. The molecule has 8 nitrogen and oxygen atoms in total. The van der Waals surface area contributed by atoms with Gasteiger partial charge in [0.05, 0.1) is 7.11 Å². The van der Waals surface area contributed by atoms with Gasteiger partial charge in [-0.25, -0.2) is 9.69 Å². The summed E-state index contributed by atoms with van der Waals surface area (Å²) in [6, 6.07) is 16.4. The Morgan fingerprint density at radius 3 is 2.49 bits per heavy atom. The van der Waals surface area contributed by atoms with Crippen molar-refractivity contribution in [1.29, 1.82) is 0 Å². The molecule has 0 unspecified atom stereocenters. The number of hydrogen-bond acceptors (Lipinski definition) is 4. The van der Waals surface area contributed by atoms with Gasteiger partial charge in [-0.15, -0.1) is 0 Å². The van der Waals surface area contributed by atoms with E-state index in [2.05, 4.69) is 15.2 Å². The summed E-state index contributed by atoms with van der Waals surface area (Å²) in [5.74, 6) is -0.211. The number of benzene rings is 2. The number of hydrogen-bond donors (Lipinski definition) is 2. The van der Waals surface area contributed by atoms with E-state index in [-0.39, 0.29) is 12.2 Å². The lowest BCUT2D eigenvalue weighted by Crippen LogP contribution is -2.38. The van der Waals surface area contributed by atoms with Crippen LogP contribution in [0.5, 0.6) is 5.75 Å². The maximum absolute atomic E-state index is 12.9. The molecule has 2 heterocycles. The number of anilines is 1. The van der Waals surface area contributed by atoms with Crippen molar-refractivity contribution in [3.05, 3.63) is 82.8 Å². The van der Waals surface area contributed by atoms with Crippen LogP contribution in [0.1, 0.15) is 29.4 Å². The minimum absolute atomic E-state index is 0.131. The predicted octanol–water partition coefficient (Wildman–Crippen LogP) is 4.20. The Morgan fingerprint density at radius 2 is 1.80 bits per heavy atom. The number of para-hydroxylation sites is 1. The van der Waals surface area contributed by atoms with Crippen molar-refractivity contribution in [2.24, 2.45) is 0 Å². The van der Waals surface area contributed by atoms with Crippen LogP contribution in [0.3, 0.4) is 0 Å². The van der Waals surface area contributed by atoms with Crippen molar-refractivity contribution >= 4 is 29.6 Å². The average molecular weight is 473 g/mol. The van der Waals surface area contributed by atoms with Crippen LogP contribution in [0.4, 0.5) is 10.5 Å². The number of nitrogens with one attached hydrogen (secondary N) is 2. The summed E-state index contributed by atoms with van der Waals surface area (Å²) < 4.78 is 7.29. The molecule has 0 bridgehead atoms. The SMILES string of the molecule is CCc1ccccc1NC(=O)CN1C(=O)N/C(=C/c2cc(C)n(-c3ccc(OC)cc3)c2C)C1=O. The van der Waals surface area contributed by atoms with Crippen molar-refractivity contribution in [1.82, 2.24) is 14.8 Å². The maximum atomic E-state index is 12.9. The van der Waals surface area contributed by atoms with E-state index in [9.17, 15) is 14.4 Å². The monoisotopic (exact) mass is 472 g/mol. The smallest absolute Gasteiger partial charge is 0.329 e. The molecule has 4 rings (SSSR count). The normalized spacial score (nSPS) is 14.4. The molecule has 2 N–H and O–H groups in total. The molecule has 1 saturated heterocycles. The summed E-state index contributed by atoms with van der Waals surface area (Å²) >= 11 is 0. The van der Waals surface area contributed by atoms with Crippen molar-refractivity contribution < 1.29 is 19.1 Å². The van der Waals surface area contributed by atoms with Gasteiger partial charge in [-0.2, -0.15) is 0 Å². The topological polar surface area (TPSA) is 92.7 Å². The lowest BCUT2D eigenvalue weighted by Gasteiger charge is -2.13. The third kappa shape index (κ3) is 4.82. The lowest BCUT2D eigenvalue weighted by atomic mass is 10.1. The zero-order valence-electron chi connectivity index (χ0n) is 20.2. The Bertz CT molecular complexity index is 1320. The standard InChI is InChI=1S/C27H28N4O4/c1-5-19-8-6-7-9-23(19)28-25(32)16-30-26(33)24(29-27(30)34)15-20-14-17(2)31(18(20)3)21-10-12-22(35-4)13-11-21/h6-15H,5,16H2,1-4H3,(H,28,32)(H,29,34)/b24-15+. The maximum Gasteiger partial charge on any atom is 0.329 e. The first kappa shape index (κ1) is 23.8. The summed E-state index contributed by atoms with van der Waals surface area (Å²) in [7, 11) is 1.62. The minimum atomic E-state index is -0.621. The van der Waals surface area contributed by atoms with Gasteiger partial charge in [0.25, 0.3) is 5.91 Å². The molecule has 35 heavy (non-hydrogen) atoms. The first-order valence-electron chi connectivity index (χ1n) is 11.4. The Labute approximate surface area is 204 Å². The number of nitrogens with zero attached hydrogens (tertiary/aromatic N) is 2. The highest BCUT2D eigenvalue weighted by atomic mass is 16.5. The van der Waals surface area contributed by atoms with Crippen LogP contribution in [-0.4, -0.2) is 41.0 Å². The second-order valence-electron chi connectivity index (χ2n) is 8.30. The third-order valence-corrected chi connectivity index (χ3v) is 6.04. The molecule has 0 saturated carbocycles. The van der Waals surface area contributed by atoms with Gasteiger partial charge in [0.15, 0.2) is 0 Å². The third-order valence-electron chi connectivity index (χ3n) is 6.04. The molecule has 1 aromatic heterocycles. The predicted molar refractivity (Wildman–Crippen MR) is 134 cm³/mol. The summed E-state index contributed by atoms with van der Waals surface area (Å²) in [6.45, 7) is 5.54. The molecule has 0 spiro atoms. The molecule has 0 atom stereocenters. The molecule has 4 amide bonds. The van der Waals surface area contributed by atoms with E-state index >= 15 is 0 Å². The number of rotatable bonds is 7. The van der Waals surface area contributed by atoms with Gasteiger partial charge < -0.3 is 19.9 Å². The quantitative estimate of drug-likeness (QED) is 0.398. The van der Waals surface area contributed by atoms with E-state index in [0.29, 0.717) is 5.69 Å². The molecule has 0 radical (unpaired) electrons. The average Bonchev–Trinajstić information content (AvgIpc) is 3.28. The first-order valence-corrected chi connectivity index (χ1v) is 11.4. The number of carbonyl (C=O) groups excluding carboxylic acids is 3. The van der Waals surface area contributed by atoms with Gasteiger partial charge in [-0.3, -0.25) is 9.59 Å². The lowest BCUT2D eigenvalue weighted by molar-refractivity contribution is -0.127. The van der Waals surface area contributed by atoms with E-state index < -0.39 is 17.8 Å². The van der Waals surface area contributed by atoms with Crippen LogP contribution in [0, 0.1) is 13.8 Å². The molecular formula is C27H28N4O4. The highest BCUT2D eigenvalue weighted by Gasteiger charge is 2.35. The number of carbonyl (C=O) groups is 3. The van der Waals surface area contributed by atoms with Gasteiger partial charge in [0.2, 0.25) is 5.91 Å². The number of aromatic nitrogens is 1. The Kier molecular flexibility index (Phi) is 6.73. The van der Waals surface area contributed by atoms with E-state index in [1.807, 2.05) is 69.3 Å². The highest BCUT2D eigenvalue weighted by Crippen LogP contribution is 2.25. The van der Waals surface area contributed by atoms with E-state index in [1.54, 1.807) is 19.3 Å². The number of amides is 4. The van der Waals surface area contributed by atoms with Gasteiger partial charge in [0, 0.05) is 22.8 Å². The summed E-state index contributed by atoms with van der Waals surface area (Å²) in [6.07, 6.45) is 2.40. The fraction of sp³-hybridized carbons (Fsp3) is 0.222. The van der Waals surface area contributed by atoms with Gasteiger partial charge in [0.1, 0.15) is 18.0 Å². The first-order chi connectivity index (χ1) is 16.8. The van der Waals surface area contributed by atoms with Crippen LogP contribution in [0.25, 0.3) is 11.8 Å². The van der Waals surface area contributed by atoms with Crippen LogP contribution in [-0.2, 0) is 16.0 Å². The summed E-state index contributed by atoms with van der Waals surface area (Å²) in [5, 5.41) is 5.39. The van der Waals surface area contributed by atoms with Gasteiger partial charge in [-0.1, -0.05) is 25.1 Å². The molecule has 180 valence electrons. The Hall–Kier alpha value is -4.33. The molecule has 1 aliphatic rings. The molecule has 1 fully saturated rings. The molecule has 2 aromatic carbocycles. The summed E-state index contributed by atoms with van der Waals surface area (Å²) in [4.78, 5) is 38.9. The minimum Gasteiger partial charge on any atom is -0.497 e. The second-order valence-corrected chi connectivity index (χ2v) is 8.30. The second kappa shape index (κ2) is 9.89. The van der Waals surface area contributed by atoms with Crippen molar-refractivity contribution in [2.45, 2.75) is 27.2 Å². The van der Waals surface area contributed by atoms with Crippen LogP contribution < -0.4 is 15.4 Å². The van der Waals surface area contributed by atoms with E-state index in [4.69, 9.17) is 4.74 Å². The van der Waals surface area contributed by atoms with Crippen LogP contribution in [0.2, 0.25) is 0 Å². The zero-order chi connectivity index (χ0) is 25.1. The Balaban J connectivity index is 1.52. The number of methoxy groups -OCH3 is 1. The molecule has 3 aromatic rings. The Morgan fingerprint density at radius 1 is 1.09 bits per heavy atom. The van der Waals surface area contributed by atoms with Gasteiger partial charge >= 0.3 is 6.03 Å². The number of aryl methyl sites for hydroxylation is 2. The molecule has 0 aliphatic carbocycles. The number of ether oxygens (including phenoxy) is 1. The van der Waals surface area contributed by atoms with Crippen LogP contribution >= 0.6 is 0 Å². The van der Waals surface area contributed by atoms with E-state index in [1.165, 1.54) is 0 Å². The van der Waals surface area contributed by atoms with Crippen molar-refractivity contribution in [3.8, 4) is 11.4 Å². The van der Waals surface area contributed by atoms with E-state index in [0.717, 1.165) is 45.3 Å². The van der Waals surface area contributed by atoms with Crippen LogP contribution in [0.15, 0.2) is 60.3 Å². The fourth-order valence-electron chi connectivity index (χ4n) is 4.22.